The molecule has 3 aromatic heterocycles. The minimum atomic E-state index is 0.575. The summed E-state index contributed by atoms with van der Waals surface area (Å²) in [5, 5.41) is 6.03. The number of hydrogen-bond acceptors (Lipinski definition) is 3. The summed E-state index contributed by atoms with van der Waals surface area (Å²) in [6.07, 6.45) is 6.81. The molecule has 0 bridgehead atoms. The molecule has 0 saturated heterocycles. The molecule has 3 heterocycles. The Morgan fingerprint density at radius 1 is 0.375 bits per heavy atom. The van der Waals surface area contributed by atoms with E-state index in [0.717, 1.165) is 79.2 Å². The van der Waals surface area contributed by atoms with Crippen molar-refractivity contribution in [1.29, 1.82) is 0 Å². The lowest BCUT2D eigenvalue weighted by Crippen LogP contribution is -2.30. The molecule has 0 N–H and O–H groups in total. The highest BCUT2D eigenvalue weighted by atomic mass is 15.2. The normalized spacial score (nSPS) is 12.4. The van der Waals surface area contributed by atoms with Crippen molar-refractivity contribution in [2.45, 2.75) is 12.8 Å². The molecule has 5 nitrogen and oxygen atoms in total. The molecule has 0 fully saturated rings. The molecule has 11 rings (SSSR count). The van der Waals surface area contributed by atoms with Crippen LogP contribution in [0.2, 0.25) is 0 Å². The Kier molecular flexibility index (Phi) is 7.56. The average molecular weight is 718 g/mol. The zero-order valence-electron chi connectivity index (χ0n) is 30.5. The highest BCUT2D eigenvalue weighted by Crippen LogP contribution is 2.37. The molecule has 264 valence electrons. The molecule has 1 aliphatic carbocycles. The van der Waals surface area contributed by atoms with Gasteiger partial charge in [-0.05, 0) is 65.4 Å². The molecule has 0 spiro atoms. The first kappa shape index (κ1) is 32.1. The number of rotatable bonds is 6. The van der Waals surface area contributed by atoms with Crippen molar-refractivity contribution in [3.8, 4) is 56.7 Å². The number of fused-ring (bicyclic) bond motifs is 7. The Balaban J connectivity index is 1.24. The van der Waals surface area contributed by atoms with Gasteiger partial charge in [0.25, 0.3) is 0 Å². The first-order chi connectivity index (χ1) is 27.8. The zero-order valence-corrected chi connectivity index (χ0v) is 30.5. The second-order valence-corrected chi connectivity index (χ2v) is 14.3. The van der Waals surface area contributed by atoms with Crippen molar-refractivity contribution >= 4 is 44.9 Å². The van der Waals surface area contributed by atoms with Crippen LogP contribution in [-0.2, 0) is 0 Å². The first-order valence-electron chi connectivity index (χ1n) is 19.2. The molecular weight excluding hydrogens is 683 g/mol. The minimum absolute atomic E-state index is 0.575. The maximum atomic E-state index is 5.39. The summed E-state index contributed by atoms with van der Waals surface area (Å²) in [6, 6.07) is 61.9. The number of para-hydroxylation sites is 2. The number of hydrogen-bond donors (Lipinski definition) is 0. The van der Waals surface area contributed by atoms with E-state index in [9.17, 15) is 0 Å². The summed E-state index contributed by atoms with van der Waals surface area (Å²) >= 11 is 0. The van der Waals surface area contributed by atoms with E-state index in [1.807, 2.05) is 12.1 Å². The van der Waals surface area contributed by atoms with Gasteiger partial charge in [0.05, 0.1) is 16.6 Å². The summed E-state index contributed by atoms with van der Waals surface area (Å²) < 4.78 is 4.71. The fourth-order valence-electron chi connectivity index (χ4n) is 8.44. The molecule has 0 amide bonds. The molecule has 0 atom stereocenters. The minimum Gasteiger partial charge on any atom is -0.308 e. The molecule has 0 radical (unpaired) electrons. The van der Waals surface area contributed by atoms with Gasteiger partial charge in [0.2, 0.25) is 5.95 Å². The average Bonchev–Trinajstić information content (AvgIpc) is 3.80. The molecule has 1 aliphatic rings. The molecule has 7 aromatic carbocycles. The Bertz CT molecular complexity index is 3130. The first-order valence-corrected chi connectivity index (χ1v) is 19.2. The van der Waals surface area contributed by atoms with Crippen molar-refractivity contribution in [2.24, 2.45) is 0 Å². The number of benzene rings is 7. The largest absolute Gasteiger partial charge is 0.308 e. The maximum Gasteiger partial charge on any atom is 0.238 e. The van der Waals surface area contributed by atoms with Crippen LogP contribution in [0, 0.1) is 0 Å². The quantitative estimate of drug-likeness (QED) is 0.172. The van der Waals surface area contributed by atoms with E-state index in [2.05, 4.69) is 185 Å². The summed E-state index contributed by atoms with van der Waals surface area (Å²) in [4.78, 5) is 16.0. The maximum absolute atomic E-state index is 5.39. The van der Waals surface area contributed by atoms with Crippen LogP contribution in [0.15, 0.2) is 176 Å². The topological polar surface area (TPSA) is 48.5 Å². The van der Waals surface area contributed by atoms with E-state index in [-0.39, 0.29) is 0 Å². The van der Waals surface area contributed by atoms with E-state index >= 15 is 0 Å². The highest BCUT2D eigenvalue weighted by Gasteiger charge is 2.23. The molecule has 56 heavy (non-hydrogen) atoms. The van der Waals surface area contributed by atoms with Gasteiger partial charge in [-0.15, -0.1) is 0 Å². The summed E-state index contributed by atoms with van der Waals surface area (Å²) in [6.45, 7) is 0. The van der Waals surface area contributed by atoms with Gasteiger partial charge in [-0.1, -0.05) is 158 Å². The molecule has 0 aliphatic heterocycles. The summed E-state index contributed by atoms with van der Waals surface area (Å²) in [7, 11) is 0. The van der Waals surface area contributed by atoms with Gasteiger partial charge in [0.15, 0.2) is 11.6 Å². The van der Waals surface area contributed by atoms with Crippen molar-refractivity contribution in [1.82, 2.24) is 24.1 Å². The predicted molar refractivity (Wildman–Crippen MR) is 230 cm³/mol. The number of aromatic nitrogens is 5. The monoisotopic (exact) mass is 717 g/mol. The van der Waals surface area contributed by atoms with Gasteiger partial charge in [-0.3, -0.25) is 4.57 Å². The van der Waals surface area contributed by atoms with Crippen LogP contribution >= 0.6 is 0 Å². The van der Waals surface area contributed by atoms with Gasteiger partial charge in [-0.2, -0.15) is 9.97 Å². The Hall–Kier alpha value is -7.37. The van der Waals surface area contributed by atoms with E-state index < -0.39 is 0 Å². The van der Waals surface area contributed by atoms with Crippen molar-refractivity contribution in [2.75, 3.05) is 0 Å². The van der Waals surface area contributed by atoms with Crippen molar-refractivity contribution in [3.63, 3.8) is 0 Å². The van der Waals surface area contributed by atoms with Crippen LogP contribution in [0.5, 0.6) is 0 Å². The van der Waals surface area contributed by atoms with E-state index in [0.29, 0.717) is 17.6 Å². The third kappa shape index (κ3) is 5.28. The molecule has 0 unspecified atom stereocenters. The van der Waals surface area contributed by atoms with Crippen LogP contribution in [0.25, 0.3) is 102 Å². The van der Waals surface area contributed by atoms with Crippen LogP contribution in [-0.4, -0.2) is 24.1 Å². The standard InChI is InChI=1S/C51H35N5/c1-4-16-34(17-5-1)36-20-14-22-38(32-36)49-52-50(39-23-15-21-37(33-39)35-18-6-2-7-19-35)54-51(53-49)56-46-29-13-11-27-42(46)44-31-30-43-41-26-10-12-28-45(41)55(47(43)48(44)56)40-24-8-3-9-25-40/h1-9,11,13-33H,10,12H2. The van der Waals surface area contributed by atoms with Crippen LogP contribution in [0.1, 0.15) is 12.8 Å². The fraction of sp³-hybridized carbons (Fsp3) is 0.0392. The van der Waals surface area contributed by atoms with E-state index in [1.54, 1.807) is 0 Å². The van der Waals surface area contributed by atoms with Gasteiger partial charge < -0.3 is 4.57 Å². The Labute approximate surface area is 323 Å². The summed E-state index contributed by atoms with van der Waals surface area (Å²) in [5.41, 5.74) is 10.7. The third-order valence-electron chi connectivity index (χ3n) is 11.0. The number of nitrogens with zero attached hydrogens (tertiary/aromatic N) is 5. The lowest BCUT2D eigenvalue weighted by atomic mass is 10.0. The Morgan fingerprint density at radius 3 is 1.55 bits per heavy atom. The van der Waals surface area contributed by atoms with Crippen LogP contribution < -0.4 is 10.6 Å². The van der Waals surface area contributed by atoms with Crippen LogP contribution in [0.4, 0.5) is 0 Å². The SMILES string of the molecule is C1=c2c(n(-c3ccccc3)c3c2ccc2c4ccccc4n(-c4nc(-c5cccc(-c6ccccc6)c5)nc(-c5cccc(-c6ccccc6)c5)n4)c23)=CCC1. The molecular formula is C51H35N5. The predicted octanol–water partition coefficient (Wildman–Crippen LogP) is 10.9. The fourth-order valence-corrected chi connectivity index (χ4v) is 8.44. The lowest BCUT2D eigenvalue weighted by molar-refractivity contribution is 0.951. The van der Waals surface area contributed by atoms with Gasteiger partial charge in [-0.25, -0.2) is 4.98 Å². The summed E-state index contributed by atoms with van der Waals surface area (Å²) in [5.74, 6) is 1.81. The lowest BCUT2D eigenvalue weighted by Gasteiger charge is -2.14. The smallest absolute Gasteiger partial charge is 0.238 e. The van der Waals surface area contributed by atoms with E-state index in [1.165, 1.54) is 16.0 Å². The third-order valence-corrected chi connectivity index (χ3v) is 11.0. The van der Waals surface area contributed by atoms with Crippen molar-refractivity contribution in [3.05, 3.63) is 186 Å². The van der Waals surface area contributed by atoms with Gasteiger partial charge in [0.1, 0.15) is 0 Å². The Morgan fingerprint density at radius 2 is 0.893 bits per heavy atom. The zero-order chi connectivity index (χ0) is 37.0. The molecule has 5 heteroatoms. The van der Waals surface area contributed by atoms with Gasteiger partial charge >= 0.3 is 0 Å². The van der Waals surface area contributed by atoms with Crippen LogP contribution in [0.3, 0.4) is 0 Å². The van der Waals surface area contributed by atoms with Gasteiger partial charge in [0, 0.05) is 43.5 Å². The van der Waals surface area contributed by atoms with Crippen molar-refractivity contribution < 1.29 is 0 Å². The molecule has 0 saturated carbocycles. The highest BCUT2D eigenvalue weighted by molar-refractivity contribution is 6.18. The second kappa shape index (κ2) is 13.2. The molecule has 10 aromatic rings. The van der Waals surface area contributed by atoms with E-state index in [4.69, 9.17) is 15.0 Å². The second-order valence-electron chi connectivity index (χ2n) is 14.3.